The van der Waals surface area contributed by atoms with Crippen LogP contribution < -0.4 is 16.0 Å². The molecular formula is C21H28N4O2. The van der Waals surface area contributed by atoms with Crippen molar-refractivity contribution in [3.05, 3.63) is 48.0 Å². The van der Waals surface area contributed by atoms with Crippen LogP contribution in [0.1, 0.15) is 23.2 Å². The van der Waals surface area contributed by atoms with E-state index >= 15 is 0 Å². The van der Waals surface area contributed by atoms with Crippen molar-refractivity contribution in [2.75, 3.05) is 45.8 Å². The van der Waals surface area contributed by atoms with Gasteiger partial charge in [0.25, 0.3) is 5.91 Å². The van der Waals surface area contributed by atoms with Gasteiger partial charge in [0.15, 0.2) is 0 Å². The Bertz CT molecular complexity index is 772. The molecule has 0 unspecified atom stereocenters. The largest absolute Gasteiger partial charge is 0.356 e. The molecule has 0 spiro atoms. The number of nitrogens with one attached hydrogen (secondary N) is 3. The monoisotopic (exact) mass is 368 g/mol. The molecule has 1 saturated heterocycles. The number of benzene rings is 2. The summed E-state index contributed by atoms with van der Waals surface area (Å²) in [5.41, 5.74) is 0.616. The SMILES string of the molecule is O=C(CCNC(=O)c1ccc2ccccc2c1)NCCCN1CCNCC1. The van der Waals surface area contributed by atoms with Gasteiger partial charge in [0.1, 0.15) is 0 Å². The number of carbonyl (C=O) groups excluding carboxylic acids is 2. The van der Waals surface area contributed by atoms with Crippen molar-refractivity contribution < 1.29 is 9.59 Å². The first kappa shape index (κ1) is 19.3. The van der Waals surface area contributed by atoms with E-state index in [1.54, 1.807) is 0 Å². The van der Waals surface area contributed by atoms with Crippen LogP contribution in [0.4, 0.5) is 0 Å². The van der Waals surface area contributed by atoms with Crippen LogP contribution in [0.3, 0.4) is 0 Å². The van der Waals surface area contributed by atoms with E-state index in [4.69, 9.17) is 0 Å². The lowest BCUT2D eigenvalue weighted by atomic mass is 10.1. The smallest absolute Gasteiger partial charge is 0.251 e. The number of hydrogen-bond donors (Lipinski definition) is 3. The van der Waals surface area contributed by atoms with Gasteiger partial charge in [-0.05, 0) is 35.9 Å². The molecule has 0 saturated carbocycles. The minimum absolute atomic E-state index is 0.0193. The standard InChI is InChI=1S/C21H28N4O2/c26-20(23-9-3-13-25-14-11-22-12-15-25)8-10-24-21(27)19-7-6-17-4-1-2-5-18(17)16-19/h1-2,4-7,16,22H,3,8-15H2,(H,23,26)(H,24,27). The van der Waals surface area contributed by atoms with Crippen LogP contribution in [0.5, 0.6) is 0 Å². The van der Waals surface area contributed by atoms with E-state index in [-0.39, 0.29) is 11.8 Å². The van der Waals surface area contributed by atoms with E-state index in [1.165, 1.54) is 0 Å². The normalized spacial score (nSPS) is 14.8. The van der Waals surface area contributed by atoms with Crippen LogP contribution >= 0.6 is 0 Å². The van der Waals surface area contributed by atoms with Crippen LogP contribution in [0.2, 0.25) is 0 Å². The summed E-state index contributed by atoms with van der Waals surface area (Å²) in [5, 5.41) is 11.2. The molecule has 2 aromatic rings. The molecular weight excluding hydrogens is 340 g/mol. The summed E-state index contributed by atoms with van der Waals surface area (Å²) >= 11 is 0. The topological polar surface area (TPSA) is 73.5 Å². The average molecular weight is 368 g/mol. The van der Waals surface area contributed by atoms with E-state index in [2.05, 4.69) is 20.9 Å². The molecule has 0 bridgehead atoms. The van der Waals surface area contributed by atoms with E-state index < -0.39 is 0 Å². The number of carbonyl (C=O) groups is 2. The molecule has 0 atom stereocenters. The molecule has 1 aliphatic heterocycles. The van der Waals surface area contributed by atoms with Crippen molar-refractivity contribution in [1.29, 1.82) is 0 Å². The van der Waals surface area contributed by atoms with Crippen molar-refractivity contribution >= 4 is 22.6 Å². The minimum atomic E-state index is -0.146. The van der Waals surface area contributed by atoms with Gasteiger partial charge in [-0.2, -0.15) is 0 Å². The average Bonchev–Trinajstić information content (AvgIpc) is 2.71. The summed E-state index contributed by atoms with van der Waals surface area (Å²) in [6, 6.07) is 13.6. The van der Waals surface area contributed by atoms with Gasteiger partial charge in [-0.3, -0.25) is 9.59 Å². The summed E-state index contributed by atoms with van der Waals surface area (Å²) in [4.78, 5) is 26.6. The second-order valence-corrected chi connectivity index (χ2v) is 6.86. The third kappa shape index (κ3) is 6.05. The van der Waals surface area contributed by atoms with Crippen molar-refractivity contribution in [3.8, 4) is 0 Å². The number of fused-ring (bicyclic) bond motifs is 1. The number of hydrogen-bond acceptors (Lipinski definition) is 4. The Morgan fingerprint density at radius 1 is 0.963 bits per heavy atom. The summed E-state index contributed by atoms with van der Waals surface area (Å²) in [6.45, 7) is 6.29. The molecule has 27 heavy (non-hydrogen) atoms. The summed E-state index contributed by atoms with van der Waals surface area (Å²) in [5.74, 6) is -0.165. The molecule has 6 nitrogen and oxygen atoms in total. The number of piperazine rings is 1. The first-order valence-corrected chi connectivity index (χ1v) is 9.69. The third-order valence-corrected chi connectivity index (χ3v) is 4.83. The Hall–Kier alpha value is -2.44. The summed E-state index contributed by atoms with van der Waals surface area (Å²) in [6.07, 6.45) is 1.25. The van der Waals surface area contributed by atoms with Gasteiger partial charge in [-0.25, -0.2) is 0 Å². The lowest BCUT2D eigenvalue weighted by Crippen LogP contribution is -2.44. The zero-order chi connectivity index (χ0) is 18.9. The fourth-order valence-electron chi connectivity index (χ4n) is 3.28. The maximum absolute atomic E-state index is 12.3. The molecule has 6 heteroatoms. The lowest BCUT2D eigenvalue weighted by Gasteiger charge is -2.27. The number of rotatable bonds is 8. The van der Waals surface area contributed by atoms with Gasteiger partial charge in [0.2, 0.25) is 5.91 Å². The lowest BCUT2D eigenvalue weighted by molar-refractivity contribution is -0.120. The summed E-state index contributed by atoms with van der Waals surface area (Å²) < 4.78 is 0. The molecule has 0 aromatic heterocycles. The zero-order valence-corrected chi connectivity index (χ0v) is 15.7. The number of amides is 2. The Labute approximate surface area is 160 Å². The van der Waals surface area contributed by atoms with Gasteiger partial charge in [0, 0.05) is 51.3 Å². The highest BCUT2D eigenvalue weighted by molar-refractivity contribution is 5.98. The molecule has 2 aromatic carbocycles. The molecule has 1 fully saturated rings. The Morgan fingerprint density at radius 3 is 2.56 bits per heavy atom. The first-order valence-electron chi connectivity index (χ1n) is 9.69. The van der Waals surface area contributed by atoms with Crippen LogP contribution in [0.15, 0.2) is 42.5 Å². The van der Waals surface area contributed by atoms with Crippen molar-refractivity contribution in [2.45, 2.75) is 12.8 Å². The van der Waals surface area contributed by atoms with E-state index in [0.29, 0.717) is 25.1 Å². The first-order chi connectivity index (χ1) is 13.2. The van der Waals surface area contributed by atoms with Crippen molar-refractivity contribution in [2.24, 2.45) is 0 Å². The van der Waals surface area contributed by atoms with Crippen molar-refractivity contribution in [3.63, 3.8) is 0 Å². The maximum atomic E-state index is 12.3. The van der Waals surface area contributed by atoms with Gasteiger partial charge in [-0.15, -0.1) is 0 Å². The van der Waals surface area contributed by atoms with Gasteiger partial charge in [0.05, 0.1) is 0 Å². The Balaban J connectivity index is 1.32. The summed E-state index contributed by atoms with van der Waals surface area (Å²) in [7, 11) is 0. The van der Waals surface area contributed by atoms with E-state index in [1.807, 2.05) is 42.5 Å². The van der Waals surface area contributed by atoms with Crippen molar-refractivity contribution in [1.82, 2.24) is 20.9 Å². The van der Waals surface area contributed by atoms with Crippen LogP contribution in [0, 0.1) is 0 Å². The minimum Gasteiger partial charge on any atom is -0.356 e. The third-order valence-electron chi connectivity index (χ3n) is 4.83. The zero-order valence-electron chi connectivity index (χ0n) is 15.7. The molecule has 1 aliphatic rings. The molecule has 3 rings (SSSR count). The van der Waals surface area contributed by atoms with Crippen LogP contribution in [-0.4, -0.2) is 62.5 Å². The molecule has 144 valence electrons. The highest BCUT2D eigenvalue weighted by Gasteiger charge is 2.09. The maximum Gasteiger partial charge on any atom is 0.251 e. The highest BCUT2D eigenvalue weighted by Crippen LogP contribution is 2.15. The predicted molar refractivity (Wildman–Crippen MR) is 108 cm³/mol. The van der Waals surface area contributed by atoms with E-state index in [9.17, 15) is 9.59 Å². The quantitative estimate of drug-likeness (QED) is 0.616. The van der Waals surface area contributed by atoms with Crippen LogP contribution in [0.25, 0.3) is 10.8 Å². The van der Waals surface area contributed by atoms with Crippen LogP contribution in [-0.2, 0) is 4.79 Å². The fraction of sp³-hybridized carbons (Fsp3) is 0.429. The predicted octanol–water partition coefficient (Wildman–Crippen LogP) is 1.37. The Kier molecular flexibility index (Phi) is 7.19. The second kappa shape index (κ2) is 10.0. The van der Waals surface area contributed by atoms with Gasteiger partial charge >= 0.3 is 0 Å². The Morgan fingerprint density at radius 2 is 1.74 bits per heavy atom. The van der Waals surface area contributed by atoms with Gasteiger partial charge in [-0.1, -0.05) is 30.3 Å². The fourth-order valence-corrected chi connectivity index (χ4v) is 3.28. The van der Waals surface area contributed by atoms with E-state index in [0.717, 1.165) is 49.9 Å². The highest BCUT2D eigenvalue weighted by atomic mass is 16.2. The number of nitrogens with zero attached hydrogens (tertiary/aromatic N) is 1. The molecule has 0 radical (unpaired) electrons. The molecule has 1 heterocycles. The second-order valence-electron chi connectivity index (χ2n) is 6.86. The molecule has 3 N–H and O–H groups in total. The molecule has 0 aliphatic carbocycles. The van der Waals surface area contributed by atoms with Gasteiger partial charge < -0.3 is 20.9 Å². The molecule has 2 amide bonds.